The highest BCUT2D eigenvalue weighted by molar-refractivity contribution is 5.52. The summed E-state index contributed by atoms with van der Waals surface area (Å²) in [6.45, 7) is 0. The second-order valence-electron chi connectivity index (χ2n) is 5.32. The van der Waals surface area contributed by atoms with Gasteiger partial charge in [-0.3, -0.25) is 0 Å². The Morgan fingerprint density at radius 1 is 0.696 bits per heavy atom. The van der Waals surface area contributed by atoms with E-state index in [9.17, 15) is 10.2 Å². The summed E-state index contributed by atoms with van der Waals surface area (Å²) in [6.07, 6.45) is 0. The Bertz CT molecular complexity index is 748. The smallest absolute Gasteiger partial charge is 0.119 e. The van der Waals surface area contributed by atoms with E-state index in [-0.39, 0.29) is 17.4 Å². The molecule has 3 nitrogen and oxygen atoms in total. The predicted molar refractivity (Wildman–Crippen MR) is 90.2 cm³/mol. The molecule has 3 heteroatoms. The predicted octanol–water partition coefficient (Wildman–Crippen LogP) is 4.29. The van der Waals surface area contributed by atoms with Crippen molar-refractivity contribution in [1.82, 2.24) is 0 Å². The topological polar surface area (TPSA) is 49.7 Å². The molecular formula is C20H18O3. The lowest BCUT2D eigenvalue weighted by molar-refractivity contribution is 0.414. The monoisotopic (exact) mass is 306 g/mol. The van der Waals surface area contributed by atoms with Gasteiger partial charge in [-0.25, -0.2) is 0 Å². The van der Waals surface area contributed by atoms with Crippen LogP contribution in [-0.2, 0) is 0 Å². The maximum atomic E-state index is 10.3. The normalized spacial score (nSPS) is 10.7. The van der Waals surface area contributed by atoms with E-state index < -0.39 is 0 Å². The molecule has 0 bridgehead atoms. The minimum Gasteiger partial charge on any atom is -0.508 e. The van der Waals surface area contributed by atoms with Gasteiger partial charge in [0.1, 0.15) is 17.2 Å². The molecule has 0 spiro atoms. The summed E-state index contributed by atoms with van der Waals surface area (Å²) in [5.74, 6) is 0.915. The number of rotatable bonds is 4. The Kier molecular flexibility index (Phi) is 4.20. The number of benzene rings is 3. The standard InChI is InChI=1S/C20H18O3/c1-23-15-12-10-14(11-13-15)20(16-6-2-4-8-18(16)21)17-7-3-5-9-19(17)22/h2-13,20-22H,1H3. The molecule has 0 unspecified atom stereocenters. The summed E-state index contributed by atoms with van der Waals surface area (Å²) < 4.78 is 5.21. The minimum absolute atomic E-state index is 0.205. The number of hydrogen-bond acceptors (Lipinski definition) is 3. The van der Waals surface area contributed by atoms with Gasteiger partial charge in [0.15, 0.2) is 0 Å². The highest BCUT2D eigenvalue weighted by atomic mass is 16.5. The van der Waals surface area contributed by atoms with Gasteiger partial charge >= 0.3 is 0 Å². The van der Waals surface area contributed by atoms with E-state index >= 15 is 0 Å². The summed E-state index contributed by atoms with van der Waals surface area (Å²) in [5.41, 5.74) is 2.46. The average molecular weight is 306 g/mol. The molecule has 0 aliphatic carbocycles. The van der Waals surface area contributed by atoms with Crippen LogP contribution in [0, 0.1) is 0 Å². The maximum Gasteiger partial charge on any atom is 0.119 e. The summed E-state index contributed by atoms with van der Waals surface area (Å²) in [6, 6.07) is 22.0. The lowest BCUT2D eigenvalue weighted by Crippen LogP contribution is -2.04. The van der Waals surface area contributed by atoms with E-state index in [4.69, 9.17) is 4.74 Å². The molecule has 3 aromatic carbocycles. The first kappa shape index (κ1) is 15.0. The maximum absolute atomic E-state index is 10.3. The van der Waals surface area contributed by atoms with E-state index in [0.29, 0.717) is 0 Å². The van der Waals surface area contributed by atoms with Crippen LogP contribution < -0.4 is 4.74 Å². The Morgan fingerprint density at radius 3 is 1.61 bits per heavy atom. The Balaban J connectivity index is 2.17. The molecule has 116 valence electrons. The summed E-state index contributed by atoms with van der Waals surface area (Å²) in [4.78, 5) is 0. The number of phenolic OH excluding ortho intramolecular Hbond substituents is 2. The second-order valence-corrected chi connectivity index (χ2v) is 5.32. The van der Waals surface area contributed by atoms with Gasteiger partial charge < -0.3 is 14.9 Å². The third kappa shape index (κ3) is 2.99. The second kappa shape index (κ2) is 6.44. The van der Waals surface area contributed by atoms with Crippen molar-refractivity contribution in [3.63, 3.8) is 0 Å². The number of para-hydroxylation sites is 2. The third-order valence-corrected chi connectivity index (χ3v) is 3.94. The molecule has 0 aromatic heterocycles. The molecule has 0 radical (unpaired) electrons. The molecule has 0 aliphatic rings. The third-order valence-electron chi connectivity index (χ3n) is 3.94. The number of methoxy groups -OCH3 is 1. The number of phenols is 2. The number of hydrogen-bond donors (Lipinski definition) is 2. The molecule has 0 saturated heterocycles. The van der Waals surface area contributed by atoms with Gasteiger partial charge in [-0.2, -0.15) is 0 Å². The molecule has 3 aromatic rings. The number of ether oxygens (including phenoxy) is 1. The summed E-state index contributed by atoms with van der Waals surface area (Å²) in [5, 5.41) is 20.6. The Labute approximate surface area is 135 Å². The van der Waals surface area contributed by atoms with Gasteiger partial charge in [0.2, 0.25) is 0 Å². The molecule has 3 rings (SSSR count). The average Bonchev–Trinajstić information content (AvgIpc) is 2.59. The van der Waals surface area contributed by atoms with E-state index in [1.54, 1.807) is 31.4 Å². The zero-order chi connectivity index (χ0) is 16.2. The van der Waals surface area contributed by atoms with Crippen molar-refractivity contribution >= 4 is 0 Å². The highest BCUT2D eigenvalue weighted by Gasteiger charge is 2.22. The molecular weight excluding hydrogens is 288 g/mol. The van der Waals surface area contributed by atoms with Crippen molar-refractivity contribution in [2.24, 2.45) is 0 Å². The zero-order valence-electron chi connectivity index (χ0n) is 12.8. The molecule has 0 atom stereocenters. The van der Waals surface area contributed by atoms with Crippen LogP contribution in [0.4, 0.5) is 0 Å². The lowest BCUT2D eigenvalue weighted by atomic mass is 9.84. The van der Waals surface area contributed by atoms with Crippen LogP contribution in [0.3, 0.4) is 0 Å². The van der Waals surface area contributed by atoms with Crippen molar-refractivity contribution in [3.8, 4) is 17.2 Å². The van der Waals surface area contributed by atoms with Crippen LogP contribution in [-0.4, -0.2) is 17.3 Å². The first-order valence-corrected chi connectivity index (χ1v) is 7.40. The largest absolute Gasteiger partial charge is 0.508 e. The van der Waals surface area contributed by atoms with Gasteiger partial charge in [0, 0.05) is 17.0 Å². The quantitative estimate of drug-likeness (QED) is 0.707. The molecule has 0 amide bonds. The van der Waals surface area contributed by atoms with Gasteiger partial charge in [-0.15, -0.1) is 0 Å². The van der Waals surface area contributed by atoms with Crippen LogP contribution in [0.15, 0.2) is 72.8 Å². The molecule has 0 heterocycles. The molecule has 0 fully saturated rings. The molecule has 0 aliphatic heterocycles. The van der Waals surface area contributed by atoms with Crippen molar-refractivity contribution in [2.75, 3.05) is 7.11 Å². The number of aromatic hydroxyl groups is 2. The van der Waals surface area contributed by atoms with E-state index in [2.05, 4.69) is 0 Å². The fourth-order valence-electron chi connectivity index (χ4n) is 2.79. The van der Waals surface area contributed by atoms with Gasteiger partial charge in [-0.1, -0.05) is 48.5 Å². The van der Waals surface area contributed by atoms with Crippen molar-refractivity contribution in [2.45, 2.75) is 5.92 Å². The van der Waals surface area contributed by atoms with Gasteiger partial charge in [-0.05, 0) is 29.8 Å². The van der Waals surface area contributed by atoms with Gasteiger partial charge in [0.25, 0.3) is 0 Å². The summed E-state index contributed by atoms with van der Waals surface area (Å²) in [7, 11) is 1.62. The van der Waals surface area contributed by atoms with Gasteiger partial charge in [0.05, 0.1) is 7.11 Å². The van der Waals surface area contributed by atoms with Crippen molar-refractivity contribution < 1.29 is 14.9 Å². The first-order valence-electron chi connectivity index (χ1n) is 7.40. The van der Waals surface area contributed by atoms with Crippen molar-refractivity contribution in [3.05, 3.63) is 89.5 Å². The fourth-order valence-corrected chi connectivity index (χ4v) is 2.79. The van der Waals surface area contributed by atoms with Crippen molar-refractivity contribution in [1.29, 1.82) is 0 Å². The van der Waals surface area contributed by atoms with E-state index in [1.807, 2.05) is 48.5 Å². The molecule has 23 heavy (non-hydrogen) atoms. The first-order chi connectivity index (χ1) is 11.2. The lowest BCUT2D eigenvalue weighted by Gasteiger charge is -2.21. The Morgan fingerprint density at radius 2 is 1.17 bits per heavy atom. The molecule has 2 N–H and O–H groups in total. The SMILES string of the molecule is COc1ccc(C(c2ccccc2O)c2ccccc2O)cc1. The van der Waals surface area contributed by atoms with Crippen LogP contribution in [0.25, 0.3) is 0 Å². The van der Waals surface area contributed by atoms with Crippen LogP contribution in [0.2, 0.25) is 0 Å². The highest BCUT2D eigenvalue weighted by Crippen LogP contribution is 2.40. The van der Waals surface area contributed by atoms with Crippen LogP contribution in [0.5, 0.6) is 17.2 Å². The van der Waals surface area contributed by atoms with Crippen LogP contribution >= 0.6 is 0 Å². The van der Waals surface area contributed by atoms with E-state index in [0.717, 1.165) is 22.4 Å². The summed E-state index contributed by atoms with van der Waals surface area (Å²) >= 11 is 0. The zero-order valence-corrected chi connectivity index (χ0v) is 12.8. The van der Waals surface area contributed by atoms with Crippen LogP contribution in [0.1, 0.15) is 22.6 Å². The Hall–Kier alpha value is -2.94. The molecule has 0 saturated carbocycles. The van der Waals surface area contributed by atoms with E-state index in [1.165, 1.54) is 0 Å². The fraction of sp³-hybridized carbons (Fsp3) is 0.100. The minimum atomic E-state index is -0.261.